The van der Waals surface area contributed by atoms with Crippen LogP contribution in [0, 0.1) is 5.92 Å². The first-order chi connectivity index (χ1) is 10.6. The lowest BCUT2D eigenvalue weighted by molar-refractivity contribution is 0.0693. The third-order valence-electron chi connectivity index (χ3n) is 3.96. The van der Waals surface area contributed by atoms with Gasteiger partial charge >= 0.3 is 12.1 Å². The first-order valence-corrected chi connectivity index (χ1v) is 7.56. The van der Waals surface area contributed by atoms with Gasteiger partial charge in [-0.3, -0.25) is 5.32 Å². The number of benzene rings is 1. The number of amides is 1. The topological polar surface area (TPSA) is 95.9 Å². The Labute approximate surface area is 129 Å². The van der Waals surface area contributed by atoms with Crippen molar-refractivity contribution in [3.8, 4) is 5.75 Å². The monoisotopic (exact) mass is 307 g/mol. The van der Waals surface area contributed by atoms with E-state index in [4.69, 9.17) is 9.84 Å². The molecular weight excluding hydrogens is 286 g/mol. The second kappa shape index (κ2) is 7.68. The summed E-state index contributed by atoms with van der Waals surface area (Å²) in [6.45, 7) is 0.361. The second-order valence-electron chi connectivity index (χ2n) is 5.59. The number of carboxylic acids is 1. The van der Waals surface area contributed by atoms with Gasteiger partial charge in [0.2, 0.25) is 0 Å². The molecule has 0 aromatic heterocycles. The molecule has 22 heavy (non-hydrogen) atoms. The van der Waals surface area contributed by atoms with Crippen LogP contribution in [0.1, 0.15) is 48.9 Å². The van der Waals surface area contributed by atoms with Crippen molar-refractivity contribution in [1.29, 1.82) is 0 Å². The highest BCUT2D eigenvalue weighted by Crippen LogP contribution is 2.26. The summed E-state index contributed by atoms with van der Waals surface area (Å²) in [5.74, 6) is -0.968. The summed E-state index contributed by atoms with van der Waals surface area (Å²) >= 11 is 0. The number of carbonyl (C=O) groups excluding carboxylic acids is 1. The predicted molar refractivity (Wildman–Crippen MR) is 81.2 cm³/mol. The van der Waals surface area contributed by atoms with Crippen molar-refractivity contribution in [2.24, 2.45) is 5.92 Å². The maximum Gasteiger partial charge on any atom is 0.411 e. The Hall–Kier alpha value is -2.24. The number of rotatable bonds is 5. The van der Waals surface area contributed by atoms with Gasteiger partial charge in [0.05, 0.1) is 6.61 Å². The Morgan fingerprint density at radius 2 is 1.95 bits per heavy atom. The summed E-state index contributed by atoms with van der Waals surface area (Å²) < 4.78 is 5.12. The zero-order valence-corrected chi connectivity index (χ0v) is 12.4. The van der Waals surface area contributed by atoms with Crippen LogP contribution >= 0.6 is 0 Å². The van der Waals surface area contributed by atoms with Gasteiger partial charge in [-0.15, -0.1) is 0 Å². The van der Waals surface area contributed by atoms with Crippen LogP contribution in [0.15, 0.2) is 18.2 Å². The highest BCUT2D eigenvalue weighted by atomic mass is 16.5. The Balaban J connectivity index is 1.79. The third kappa shape index (κ3) is 4.65. The summed E-state index contributed by atoms with van der Waals surface area (Å²) in [5, 5.41) is 20.8. The van der Waals surface area contributed by atoms with Crippen LogP contribution in [0.5, 0.6) is 5.75 Å². The fourth-order valence-corrected chi connectivity index (χ4v) is 2.73. The van der Waals surface area contributed by atoms with Crippen molar-refractivity contribution in [3.05, 3.63) is 23.8 Å². The van der Waals surface area contributed by atoms with Crippen molar-refractivity contribution in [2.45, 2.75) is 38.5 Å². The standard InChI is InChI=1S/C16H21NO5/c18-14-7-6-12(10-13(14)15(19)20)17-16(21)22-9-8-11-4-2-1-3-5-11/h6-7,10-11,18H,1-5,8-9H2,(H,17,21)(H,19,20). The third-order valence-corrected chi connectivity index (χ3v) is 3.96. The van der Waals surface area contributed by atoms with Gasteiger partial charge in [-0.05, 0) is 30.5 Å². The first kappa shape index (κ1) is 16.1. The molecule has 1 amide bonds. The number of phenols is 1. The van der Waals surface area contributed by atoms with E-state index in [1.54, 1.807) is 0 Å². The van der Waals surface area contributed by atoms with Crippen LogP contribution in [0.25, 0.3) is 0 Å². The molecule has 6 nitrogen and oxygen atoms in total. The smallest absolute Gasteiger partial charge is 0.411 e. The molecule has 0 unspecified atom stereocenters. The van der Waals surface area contributed by atoms with Gasteiger partial charge in [-0.1, -0.05) is 32.1 Å². The van der Waals surface area contributed by atoms with Crippen molar-refractivity contribution < 1.29 is 24.5 Å². The average Bonchev–Trinajstić information content (AvgIpc) is 2.50. The second-order valence-corrected chi connectivity index (χ2v) is 5.59. The molecule has 0 spiro atoms. The van der Waals surface area contributed by atoms with Gasteiger partial charge in [0.25, 0.3) is 0 Å². The van der Waals surface area contributed by atoms with E-state index < -0.39 is 12.1 Å². The fraction of sp³-hybridized carbons (Fsp3) is 0.500. The average molecular weight is 307 g/mol. The van der Waals surface area contributed by atoms with E-state index in [1.807, 2.05) is 0 Å². The lowest BCUT2D eigenvalue weighted by Gasteiger charge is -2.21. The molecular formula is C16H21NO5. The number of aromatic carboxylic acids is 1. The molecule has 120 valence electrons. The maximum atomic E-state index is 11.7. The number of nitrogens with one attached hydrogen (secondary N) is 1. The maximum absolute atomic E-state index is 11.7. The number of anilines is 1. The molecule has 0 heterocycles. The van der Waals surface area contributed by atoms with E-state index in [2.05, 4.69) is 5.32 Å². The molecule has 0 radical (unpaired) electrons. The van der Waals surface area contributed by atoms with Gasteiger partial charge in [0.1, 0.15) is 11.3 Å². The lowest BCUT2D eigenvalue weighted by Crippen LogP contribution is -2.17. The molecule has 1 aromatic rings. The Morgan fingerprint density at radius 3 is 2.64 bits per heavy atom. The molecule has 3 N–H and O–H groups in total. The SMILES string of the molecule is O=C(Nc1ccc(O)c(C(=O)O)c1)OCCC1CCCCC1. The molecule has 0 bridgehead atoms. The summed E-state index contributed by atoms with van der Waals surface area (Å²) in [4.78, 5) is 22.6. The molecule has 1 aliphatic rings. The van der Waals surface area contributed by atoms with Crippen LogP contribution in [-0.4, -0.2) is 28.9 Å². The molecule has 1 fully saturated rings. The minimum atomic E-state index is -1.26. The highest BCUT2D eigenvalue weighted by Gasteiger charge is 2.15. The van der Waals surface area contributed by atoms with Crippen LogP contribution in [0.2, 0.25) is 0 Å². The van der Waals surface area contributed by atoms with E-state index in [1.165, 1.54) is 50.3 Å². The summed E-state index contributed by atoms with van der Waals surface area (Å²) in [5.41, 5.74) is 0.0119. The van der Waals surface area contributed by atoms with Crippen LogP contribution in [0.3, 0.4) is 0 Å². The minimum Gasteiger partial charge on any atom is -0.507 e. The Morgan fingerprint density at radius 1 is 1.23 bits per heavy atom. The number of hydrogen-bond acceptors (Lipinski definition) is 4. The highest BCUT2D eigenvalue weighted by molar-refractivity contribution is 5.93. The number of ether oxygens (including phenoxy) is 1. The van der Waals surface area contributed by atoms with E-state index >= 15 is 0 Å². The van der Waals surface area contributed by atoms with Gasteiger partial charge in [-0.2, -0.15) is 0 Å². The van der Waals surface area contributed by atoms with Crippen LogP contribution < -0.4 is 5.32 Å². The number of carbonyl (C=O) groups is 2. The van der Waals surface area contributed by atoms with Crippen molar-refractivity contribution >= 4 is 17.7 Å². The normalized spacial score (nSPS) is 15.3. The number of hydrogen-bond donors (Lipinski definition) is 3. The molecule has 0 atom stereocenters. The number of carboxylic acid groups (broad SMARTS) is 1. The van der Waals surface area contributed by atoms with E-state index in [0.717, 1.165) is 6.42 Å². The molecule has 1 saturated carbocycles. The molecule has 1 aromatic carbocycles. The first-order valence-electron chi connectivity index (χ1n) is 7.56. The molecule has 6 heteroatoms. The zero-order valence-electron chi connectivity index (χ0n) is 12.4. The quantitative estimate of drug-likeness (QED) is 0.722. The largest absolute Gasteiger partial charge is 0.507 e. The van der Waals surface area contributed by atoms with E-state index in [-0.39, 0.29) is 17.0 Å². The molecule has 2 rings (SSSR count). The van der Waals surface area contributed by atoms with Crippen molar-refractivity contribution in [1.82, 2.24) is 0 Å². The zero-order chi connectivity index (χ0) is 15.9. The van der Waals surface area contributed by atoms with Gasteiger partial charge in [-0.25, -0.2) is 9.59 Å². The van der Waals surface area contributed by atoms with E-state index in [9.17, 15) is 14.7 Å². The minimum absolute atomic E-state index is 0.264. The molecule has 0 saturated heterocycles. The van der Waals surface area contributed by atoms with Gasteiger partial charge < -0.3 is 14.9 Å². The van der Waals surface area contributed by atoms with Crippen molar-refractivity contribution in [2.75, 3.05) is 11.9 Å². The predicted octanol–water partition coefficient (Wildman–Crippen LogP) is 3.61. The van der Waals surface area contributed by atoms with Crippen molar-refractivity contribution in [3.63, 3.8) is 0 Å². The Kier molecular flexibility index (Phi) is 5.63. The number of aromatic hydroxyl groups is 1. The lowest BCUT2D eigenvalue weighted by atomic mass is 9.87. The van der Waals surface area contributed by atoms with Gasteiger partial charge in [0, 0.05) is 5.69 Å². The van der Waals surface area contributed by atoms with Crippen LogP contribution in [0.4, 0.5) is 10.5 Å². The van der Waals surface area contributed by atoms with E-state index in [0.29, 0.717) is 12.5 Å². The molecule has 0 aliphatic heterocycles. The molecule has 1 aliphatic carbocycles. The fourth-order valence-electron chi connectivity index (χ4n) is 2.73. The summed E-state index contributed by atoms with van der Waals surface area (Å²) in [6, 6.07) is 3.84. The van der Waals surface area contributed by atoms with Crippen LogP contribution in [-0.2, 0) is 4.74 Å². The Bertz CT molecular complexity index is 537. The van der Waals surface area contributed by atoms with Gasteiger partial charge in [0.15, 0.2) is 0 Å². The summed E-state index contributed by atoms with van der Waals surface area (Å²) in [7, 11) is 0. The summed E-state index contributed by atoms with van der Waals surface area (Å²) in [6.07, 6.45) is 6.45.